The van der Waals surface area contributed by atoms with Crippen molar-refractivity contribution < 1.29 is 40.9 Å². The van der Waals surface area contributed by atoms with Crippen LogP contribution >= 0.6 is 0 Å². The van der Waals surface area contributed by atoms with E-state index in [4.69, 9.17) is 9.47 Å². The highest BCUT2D eigenvalue weighted by Crippen LogP contribution is 2.53. The second-order valence-corrected chi connectivity index (χ2v) is 14.3. The molecule has 0 saturated heterocycles. The van der Waals surface area contributed by atoms with Crippen LogP contribution in [-0.4, -0.2) is 48.5 Å². The Balaban J connectivity index is 0.00000448. The SMILES string of the molecule is C=CCCN1/C(=C/C2=C(O)C(=C\C3=[N+](CCC=C)c4ccc5c(OC)cccc5c4C3(C)C)/C2=O)C(C)(C)c2c1ccc1c(OC)cccc21.[Br-]. The maximum Gasteiger partial charge on any atom is 0.210 e. The fourth-order valence-electron chi connectivity index (χ4n) is 8.37. The quantitative estimate of drug-likeness (QED) is 0.114. The predicted molar refractivity (Wildman–Crippen MR) is 205 cm³/mol. The second kappa shape index (κ2) is 13.3. The van der Waals surface area contributed by atoms with Crippen LogP contribution in [0.2, 0.25) is 0 Å². The Morgan fingerprint density at radius 3 is 1.98 bits per heavy atom. The number of hydrogen-bond donors (Lipinski definition) is 1. The zero-order chi connectivity index (χ0) is 35.5. The van der Waals surface area contributed by atoms with E-state index in [1.807, 2.05) is 48.6 Å². The van der Waals surface area contributed by atoms with Crippen molar-refractivity contribution in [2.24, 2.45) is 0 Å². The molecule has 1 N–H and O–H groups in total. The van der Waals surface area contributed by atoms with Crippen LogP contribution in [0.4, 0.5) is 11.4 Å². The molecular weight excluding hydrogens is 700 g/mol. The summed E-state index contributed by atoms with van der Waals surface area (Å²) >= 11 is 0. The number of halogens is 1. The number of aliphatic hydroxyl groups is 1. The van der Waals surface area contributed by atoms with Crippen LogP contribution < -0.4 is 31.4 Å². The molecule has 6 nitrogen and oxygen atoms in total. The van der Waals surface area contributed by atoms with Gasteiger partial charge < -0.3 is 36.5 Å². The number of fused-ring (bicyclic) bond motifs is 6. The van der Waals surface area contributed by atoms with Gasteiger partial charge in [-0.3, -0.25) is 4.79 Å². The summed E-state index contributed by atoms with van der Waals surface area (Å²) in [5.74, 6) is 1.51. The van der Waals surface area contributed by atoms with E-state index in [1.54, 1.807) is 14.2 Å². The molecule has 1 aliphatic carbocycles. The number of nitrogens with zero attached hydrogens (tertiary/aromatic N) is 2. The third kappa shape index (κ3) is 5.36. The largest absolute Gasteiger partial charge is 1.00 e. The number of methoxy groups -OCH3 is 2. The molecule has 0 aromatic heterocycles. The number of allylic oxidation sites excluding steroid dienone is 5. The smallest absolute Gasteiger partial charge is 0.210 e. The fourth-order valence-corrected chi connectivity index (χ4v) is 8.37. The molecule has 7 rings (SSSR count). The summed E-state index contributed by atoms with van der Waals surface area (Å²) in [5, 5.41) is 16.0. The second-order valence-electron chi connectivity index (χ2n) is 14.3. The first-order valence-corrected chi connectivity index (χ1v) is 17.3. The first-order valence-electron chi connectivity index (χ1n) is 17.3. The van der Waals surface area contributed by atoms with Crippen molar-refractivity contribution in [1.82, 2.24) is 0 Å². The molecule has 51 heavy (non-hydrogen) atoms. The van der Waals surface area contributed by atoms with Crippen LogP contribution in [0.25, 0.3) is 21.5 Å². The predicted octanol–water partition coefficient (Wildman–Crippen LogP) is 6.55. The Morgan fingerprint density at radius 2 is 1.39 bits per heavy atom. The number of ether oxygens (including phenoxy) is 2. The van der Waals surface area contributed by atoms with Gasteiger partial charge in [-0.05, 0) is 73.0 Å². The summed E-state index contributed by atoms with van der Waals surface area (Å²) in [6.07, 6.45) is 9.16. The van der Waals surface area contributed by atoms with Gasteiger partial charge in [-0.2, -0.15) is 4.58 Å². The standard InChI is InChI=1S/C44H44N2O4.BrH/c1-9-11-23-45-33-21-19-27-29(15-13-17-35(27)49-7)39(33)43(3,4)37(45)25-31-41(47)32(42(31)48)26-38-44(5,6)40-30-16-14-18-36(50-8)28(30)20-22-34(40)46(38)24-12-10-2;/h9-10,13-22,25-26H,1-2,11-12,23-24H2,3-8H3;1H. The number of rotatable bonds is 10. The Kier molecular flexibility index (Phi) is 9.40. The van der Waals surface area contributed by atoms with Crippen molar-refractivity contribution in [3.8, 4) is 11.5 Å². The van der Waals surface area contributed by atoms with Gasteiger partial charge >= 0.3 is 0 Å². The molecule has 0 atom stereocenters. The van der Waals surface area contributed by atoms with Crippen molar-refractivity contribution in [1.29, 1.82) is 0 Å². The van der Waals surface area contributed by atoms with Crippen LogP contribution in [0.15, 0.2) is 121 Å². The van der Waals surface area contributed by atoms with Crippen molar-refractivity contribution >= 4 is 44.4 Å². The van der Waals surface area contributed by atoms with Gasteiger partial charge in [0.1, 0.15) is 17.3 Å². The monoisotopic (exact) mass is 744 g/mol. The normalized spacial score (nSPS) is 18.6. The van der Waals surface area contributed by atoms with E-state index in [1.165, 1.54) is 11.1 Å². The molecule has 0 bridgehead atoms. The number of carbonyl (C=O) groups is 1. The number of carbonyl (C=O) groups excluding carboxylic acids is 1. The third-order valence-corrected chi connectivity index (χ3v) is 10.8. The van der Waals surface area contributed by atoms with E-state index in [0.717, 1.165) is 68.7 Å². The Morgan fingerprint density at radius 1 is 0.784 bits per heavy atom. The van der Waals surface area contributed by atoms with Crippen molar-refractivity contribution in [2.45, 2.75) is 51.4 Å². The average Bonchev–Trinajstić information content (AvgIpc) is 3.47. The number of Topliss-reactive ketones (excluding diaryl/α,β-unsaturated/α-hetero) is 1. The molecule has 7 heteroatoms. The van der Waals surface area contributed by atoms with Crippen molar-refractivity contribution in [2.75, 3.05) is 32.2 Å². The van der Waals surface area contributed by atoms with E-state index in [0.29, 0.717) is 24.2 Å². The van der Waals surface area contributed by atoms with Crippen molar-refractivity contribution in [3.05, 3.63) is 132 Å². The summed E-state index contributed by atoms with van der Waals surface area (Å²) in [4.78, 5) is 16.4. The summed E-state index contributed by atoms with van der Waals surface area (Å²) in [6.45, 7) is 18.1. The number of aliphatic hydroxyl groups excluding tert-OH is 1. The van der Waals surface area contributed by atoms with Gasteiger partial charge in [0, 0.05) is 58.2 Å². The zero-order valence-electron chi connectivity index (χ0n) is 30.3. The first kappa shape index (κ1) is 35.9. The van der Waals surface area contributed by atoms with Gasteiger partial charge in [0.25, 0.3) is 0 Å². The van der Waals surface area contributed by atoms with Crippen LogP contribution in [0.3, 0.4) is 0 Å². The molecule has 0 fully saturated rings. The van der Waals surface area contributed by atoms with Gasteiger partial charge in [0.15, 0.2) is 12.3 Å². The molecule has 2 aliphatic heterocycles. The van der Waals surface area contributed by atoms with E-state index in [-0.39, 0.29) is 28.5 Å². The number of hydrogen-bond acceptors (Lipinski definition) is 5. The molecule has 2 heterocycles. The van der Waals surface area contributed by atoms with E-state index >= 15 is 0 Å². The summed E-state index contributed by atoms with van der Waals surface area (Å²) in [7, 11) is 3.39. The average molecular weight is 746 g/mol. The van der Waals surface area contributed by atoms with Gasteiger partial charge in [0.05, 0.1) is 30.8 Å². The summed E-state index contributed by atoms with van der Waals surface area (Å²) in [5.41, 5.74) is 6.22. The highest BCUT2D eigenvalue weighted by molar-refractivity contribution is 6.24. The number of anilines is 1. The highest BCUT2D eigenvalue weighted by Gasteiger charge is 2.48. The summed E-state index contributed by atoms with van der Waals surface area (Å²) < 4.78 is 13.7. The Hall–Kier alpha value is -4.88. The van der Waals surface area contributed by atoms with E-state index < -0.39 is 10.8 Å². The minimum Gasteiger partial charge on any atom is -1.00 e. The van der Waals surface area contributed by atoms with Gasteiger partial charge in [-0.1, -0.05) is 50.3 Å². The van der Waals surface area contributed by atoms with E-state index in [9.17, 15) is 9.90 Å². The lowest BCUT2D eigenvalue weighted by molar-refractivity contribution is -0.436. The molecule has 4 aromatic carbocycles. The lowest BCUT2D eigenvalue weighted by Crippen LogP contribution is -3.00. The number of ketones is 1. The fraction of sp³-hybridized carbons (Fsp3) is 0.273. The molecule has 0 spiro atoms. The van der Waals surface area contributed by atoms with Crippen molar-refractivity contribution in [3.63, 3.8) is 0 Å². The molecule has 0 amide bonds. The summed E-state index contributed by atoms with van der Waals surface area (Å²) in [6, 6.07) is 20.8. The lowest BCUT2D eigenvalue weighted by Gasteiger charge is -2.29. The molecule has 0 saturated carbocycles. The van der Waals surface area contributed by atoms with Crippen LogP contribution in [0, 0.1) is 0 Å². The molecular formula is C44H45BrN2O4. The van der Waals surface area contributed by atoms with Crippen LogP contribution in [0.5, 0.6) is 11.5 Å². The zero-order valence-corrected chi connectivity index (χ0v) is 31.9. The maximum absolute atomic E-state index is 14.1. The van der Waals surface area contributed by atoms with Gasteiger partial charge in [-0.25, -0.2) is 0 Å². The Bertz CT molecular complexity index is 2270. The third-order valence-electron chi connectivity index (χ3n) is 10.8. The maximum atomic E-state index is 14.1. The Labute approximate surface area is 311 Å². The molecule has 0 unspecified atom stereocenters. The minimum absolute atomic E-state index is 0. The number of benzene rings is 4. The topological polar surface area (TPSA) is 62.0 Å². The van der Waals surface area contributed by atoms with Gasteiger partial charge in [-0.15, -0.1) is 13.2 Å². The molecule has 0 radical (unpaired) electrons. The molecule has 3 aliphatic rings. The lowest BCUT2D eigenvalue weighted by atomic mass is 9.76. The van der Waals surface area contributed by atoms with Gasteiger partial charge in [0.2, 0.25) is 11.5 Å². The highest BCUT2D eigenvalue weighted by atomic mass is 79.9. The van der Waals surface area contributed by atoms with E-state index in [2.05, 4.69) is 86.7 Å². The van der Waals surface area contributed by atoms with Crippen LogP contribution in [0.1, 0.15) is 51.7 Å². The van der Waals surface area contributed by atoms with Crippen LogP contribution in [-0.2, 0) is 15.6 Å². The molecule has 262 valence electrons. The minimum atomic E-state index is -0.456. The first-order chi connectivity index (χ1) is 24.0. The molecule has 4 aromatic rings.